The molecule has 176 valence electrons. The quantitative estimate of drug-likeness (QED) is 0.428. The summed E-state index contributed by atoms with van der Waals surface area (Å²) in [5, 5.41) is -0.1000. The predicted molar refractivity (Wildman–Crippen MR) is 128 cm³/mol. The first-order valence-electron chi connectivity index (χ1n) is 11.4. The molecular formula is C25H30ClFN4O2. The van der Waals surface area contributed by atoms with Gasteiger partial charge < -0.3 is 10.5 Å². The summed E-state index contributed by atoms with van der Waals surface area (Å²) >= 11 is 6.32. The van der Waals surface area contributed by atoms with E-state index in [-0.39, 0.29) is 46.5 Å². The molecule has 2 aromatic heterocycles. The van der Waals surface area contributed by atoms with E-state index in [0.717, 1.165) is 18.5 Å². The van der Waals surface area contributed by atoms with Gasteiger partial charge in [-0.05, 0) is 51.5 Å². The van der Waals surface area contributed by atoms with E-state index in [1.807, 2.05) is 32.1 Å². The number of benzene rings is 1. The van der Waals surface area contributed by atoms with E-state index in [1.165, 1.54) is 0 Å². The topological polar surface area (TPSA) is 82.5 Å². The van der Waals surface area contributed by atoms with Crippen molar-refractivity contribution < 1.29 is 13.9 Å². The Bertz CT molecular complexity index is 1220. The van der Waals surface area contributed by atoms with Crippen LogP contribution in [0.2, 0.25) is 5.02 Å². The Balaban J connectivity index is 1.85. The number of aromatic nitrogens is 3. The van der Waals surface area contributed by atoms with Crippen molar-refractivity contribution in [3.63, 3.8) is 0 Å². The zero-order valence-corrected chi connectivity index (χ0v) is 20.4. The lowest BCUT2D eigenvalue weighted by molar-refractivity contribution is 0.0895. The van der Waals surface area contributed by atoms with Gasteiger partial charge in [-0.2, -0.15) is 0 Å². The molecule has 4 rings (SSSR count). The first-order chi connectivity index (χ1) is 15.6. The molecule has 1 aliphatic carbocycles. The van der Waals surface area contributed by atoms with Gasteiger partial charge in [-0.25, -0.2) is 14.4 Å². The van der Waals surface area contributed by atoms with Crippen LogP contribution in [0.1, 0.15) is 80.3 Å². The minimum atomic E-state index is -0.724. The maximum atomic E-state index is 15.3. The normalized spacial score (nSPS) is 19.0. The molecule has 6 nitrogen and oxygen atoms in total. The lowest BCUT2D eigenvalue weighted by Crippen LogP contribution is -2.25. The molecule has 2 heterocycles. The van der Waals surface area contributed by atoms with Crippen molar-refractivity contribution in [2.75, 3.05) is 5.73 Å². The summed E-state index contributed by atoms with van der Waals surface area (Å²) < 4.78 is 23.2. The largest absolute Gasteiger partial charge is 0.490 e. The number of carbonyl (C=O) groups is 1. The lowest BCUT2D eigenvalue weighted by atomic mass is 9.73. The highest BCUT2D eigenvalue weighted by Crippen LogP contribution is 2.42. The van der Waals surface area contributed by atoms with E-state index >= 15 is 4.39 Å². The van der Waals surface area contributed by atoms with Crippen LogP contribution in [-0.2, 0) is 0 Å². The zero-order valence-electron chi connectivity index (χ0n) is 19.7. The number of Topliss-reactive ketones (excluding diaryl/α,β-unsaturated/α-hetero) is 1. The number of ether oxygens (including phenoxy) is 1. The standard InChI is InChI=1S/C25H30ClFN4O2/c1-12(2)33-23-17(14(4)25-30-15(5)22-24(28)29-6-7-31(22)25)11-18(26)21(27)20(23)19(32)10-16-8-13(3)9-16/h6-7,11-14,16H,8-10H2,1-5H3,(H2,28,29)/t13?,14-,16?/m0/s1. The maximum absolute atomic E-state index is 15.3. The fraction of sp³-hybridized carbons (Fsp3) is 0.480. The number of anilines is 1. The number of nitrogen functional groups attached to an aromatic ring is 1. The number of ketones is 1. The number of fused-ring (bicyclic) bond motifs is 1. The number of hydrogen-bond acceptors (Lipinski definition) is 5. The summed E-state index contributed by atoms with van der Waals surface area (Å²) in [6.45, 7) is 9.66. The molecule has 1 atom stereocenters. The Morgan fingerprint density at radius 1 is 1.36 bits per heavy atom. The van der Waals surface area contributed by atoms with Gasteiger partial charge in [-0.3, -0.25) is 9.20 Å². The van der Waals surface area contributed by atoms with Crippen molar-refractivity contribution in [3.8, 4) is 5.75 Å². The molecule has 0 aliphatic heterocycles. The van der Waals surface area contributed by atoms with Crippen LogP contribution in [0.4, 0.5) is 10.2 Å². The molecule has 0 unspecified atom stereocenters. The van der Waals surface area contributed by atoms with Crippen LogP contribution in [0, 0.1) is 24.6 Å². The molecular weight excluding hydrogens is 443 g/mol. The summed E-state index contributed by atoms with van der Waals surface area (Å²) in [6, 6.07) is 1.54. The minimum absolute atomic E-state index is 0.0589. The number of halogens is 2. The van der Waals surface area contributed by atoms with Gasteiger partial charge in [0, 0.05) is 30.3 Å². The monoisotopic (exact) mass is 472 g/mol. The number of rotatable bonds is 7. The van der Waals surface area contributed by atoms with Crippen molar-refractivity contribution in [2.24, 2.45) is 11.8 Å². The molecule has 0 spiro atoms. The Kier molecular flexibility index (Phi) is 6.36. The fourth-order valence-corrected chi connectivity index (χ4v) is 5.09. The van der Waals surface area contributed by atoms with Crippen molar-refractivity contribution in [2.45, 2.75) is 65.9 Å². The molecule has 1 saturated carbocycles. The molecule has 33 heavy (non-hydrogen) atoms. The van der Waals surface area contributed by atoms with Gasteiger partial charge in [0.15, 0.2) is 11.6 Å². The minimum Gasteiger partial charge on any atom is -0.490 e. The fourth-order valence-electron chi connectivity index (χ4n) is 4.88. The van der Waals surface area contributed by atoms with E-state index in [4.69, 9.17) is 27.1 Å². The van der Waals surface area contributed by atoms with Gasteiger partial charge in [0.05, 0.1) is 22.4 Å². The second-order valence-corrected chi connectivity index (χ2v) is 9.92. The van der Waals surface area contributed by atoms with Crippen molar-refractivity contribution in [3.05, 3.63) is 51.9 Å². The van der Waals surface area contributed by atoms with Crippen LogP contribution >= 0.6 is 11.6 Å². The number of hydrogen-bond donors (Lipinski definition) is 1. The molecule has 0 bridgehead atoms. The Labute approximate surface area is 198 Å². The van der Waals surface area contributed by atoms with Gasteiger partial charge in [-0.15, -0.1) is 0 Å². The highest BCUT2D eigenvalue weighted by Gasteiger charge is 2.33. The van der Waals surface area contributed by atoms with Crippen LogP contribution in [0.3, 0.4) is 0 Å². The second kappa shape index (κ2) is 8.93. The highest BCUT2D eigenvalue weighted by atomic mass is 35.5. The van der Waals surface area contributed by atoms with Gasteiger partial charge in [0.1, 0.15) is 22.9 Å². The lowest BCUT2D eigenvalue weighted by Gasteiger charge is -2.32. The van der Waals surface area contributed by atoms with Crippen LogP contribution < -0.4 is 10.5 Å². The van der Waals surface area contributed by atoms with Crippen molar-refractivity contribution >= 4 is 28.7 Å². The van der Waals surface area contributed by atoms with E-state index < -0.39 is 5.82 Å². The summed E-state index contributed by atoms with van der Waals surface area (Å²) in [5.74, 6) is 0.831. The SMILES string of the molecule is Cc1nc([C@@H](C)c2cc(Cl)c(F)c(C(=O)CC3CC(C)C3)c2OC(C)C)n2ccnc(N)c12. The van der Waals surface area contributed by atoms with Gasteiger partial charge >= 0.3 is 0 Å². The average molecular weight is 473 g/mol. The van der Waals surface area contributed by atoms with Crippen LogP contribution in [0.25, 0.3) is 5.52 Å². The number of imidazole rings is 1. The van der Waals surface area contributed by atoms with Crippen molar-refractivity contribution in [1.82, 2.24) is 14.4 Å². The van der Waals surface area contributed by atoms with Crippen LogP contribution in [-0.4, -0.2) is 26.3 Å². The summed E-state index contributed by atoms with van der Waals surface area (Å²) in [6.07, 6.45) is 5.38. The molecule has 8 heteroatoms. The van der Waals surface area contributed by atoms with E-state index in [2.05, 4.69) is 11.9 Å². The van der Waals surface area contributed by atoms with Gasteiger partial charge in [0.25, 0.3) is 0 Å². The molecule has 0 radical (unpaired) electrons. The van der Waals surface area contributed by atoms with Gasteiger partial charge in [0.2, 0.25) is 0 Å². The molecule has 1 aromatic carbocycles. The second-order valence-electron chi connectivity index (χ2n) is 9.51. The summed E-state index contributed by atoms with van der Waals surface area (Å²) in [7, 11) is 0. The highest BCUT2D eigenvalue weighted by molar-refractivity contribution is 6.31. The van der Waals surface area contributed by atoms with E-state index in [9.17, 15) is 4.79 Å². The van der Waals surface area contributed by atoms with Crippen LogP contribution in [0.5, 0.6) is 5.75 Å². The zero-order chi connectivity index (χ0) is 24.0. The third-order valence-corrected chi connectivity index (χ3v) is 6.69. The summed E-state index contributed by atoms with van der Waals surface area (Å²) in [4.78, 5) is 22.2. The molecule has 2 N–H and O–H groups in total. The summed E-state index contributed by atoms with van der Waals surface area (Å²) in [5.41, 5.74) is 8.08. The van der Waals surface area contributed by atoms with Crippen LogP contribution in [0.15, 0.2) is 18.5 Å². The Hall–Kier alpha value is -2.67. The first kappa shape index (κ1) is 23.5. The third kappa shape index (κ3) is 4.31. The molecule has 0 saturated heterocycles. The number of carbonyl (C=O) groups excluding carboxylic acids is 1. The molecule has 1 aliphatic rings. The Morgan fingerprint density at radius 2 is 2.06 bits per heavy atom. The average Bonchev–Trinajstić information content (AvgIpc) is 3.06. The third-order valence-electron chi connectivity index (χ3n) is 6.42. The number of nitrogens with two attached hydrogens (primary N) is 1. The van der Waals surface area contributed by atoms with E-state index in [0.29, 0.717) is 28.6 Å². The van der Waals surface area contributed by atoms with Crippen molar-refractivity contribution in [1.29, 1.82) is 0 Å². The number of aryl methyl sites for hydroxylation is 1. The maximum Gasteiger partial charge on any atom is 0.169 e. The van der Waals surface area contributed by atoms with E-state index in [1.54, 1.807) is 18.5 Å². The smallest absolute Gasteiger partial charge is 0.169 e. The Morgan fingerprint density at radius 3 is 2.70 bits per heavy atom. The number of nitrogens with zero attached hydrogens (tertiary/aromatic N) is 3. The molecule has 0 amide bonds. The first-order valence-corrected chi connectivity index (χ1v) is 11.8. The molecule has 3 aromatic rings. The predicted octanol–water partition coefficient (Wildman–Crippen LogP) is 5.97. The molecule has 1 fully saturated rings. The van der Waals surface area contributed by atoms with Gasteiger partial charge in [-0.1, -0.05) is 25.4 Å².